The van der Waals surface area contributed by atoms with Crippen molar-refractivity contribution in [1.29, 1.82) is 0 Å². The topological polar surface area (TPSA) is 42.7 Å². The lowest BCUT2D eigenvalue weighted by molar-refractivity contribution is 0.581. The molecule has 1 aliphatic carbocycles. The predicted octanol–water partition coefficient (Wildman–Crippen LogP) is 0.940. The van der Waals surface area contributed by atoms with Crippen molar-refractivity contribution in [3.63, 3.8) is 0 Å². The van der Waals surface area contributed by atoms with Crippen LogP contribution in [0.15, 0.2) is 6.33 Å². The first-order chi connectivity index (χ1) is 6.38. The highest BCUT2D eigenvalue weighted by Crippen LogP contribution is 2.18. The molecule has 1 saturated carbocycles. The SMILES string of the molecule is CCCn1cnc(CNC2CC2)n1. The predicted molar refractivity (Wildman–Crippen MR) is 50.2 cm³/mol. The molecule has 13 heavy (non-hydrogen) atoms. The highest BCUT2D eigenvalue weighted by Gasteiger charge is 2.20. The van der Waals surface area contributed by atoms with Crippen molar-refractivity contribution in [2.24, 2.45) is 0 Å². The average Bonchev–Trinajstić information content (AvgIpc) is 2.85. The molecule has 0 unspecified atom stereocenters. The lowest BCUT2D eigenvalue weighted by Crippen LogP contribution is -2.16. The minimum atomic E-state index is 0.734. The Kier molecular flexibility index (Phi) is 2.59. The van der Waals surface area contributed by atoms with Crippen LogP contribution in [0.2, 0.25) is 0 Å². The van der Waals surface area contributed by atoms with E-state index in [1.54, 1.807) is 0 Å². The number of hydrogen-bond acceptors (Lipinski definition) is 3. The van der Waals surface area contributed by atoms with Crippen LogP contribution < -0.4 is 5.32 Å². The van der Waals surface area contributed by atoms with Gasteiger partial charge in [-0.05, 0) is 19.3 Å². The molecule has 1 N–H and O–H groups in total. The Labute approximate surface area is 78.4 Å². The van der Waals surface area contributed by atoms with Gasteiger partial charge in [0.2, 0.25) is 0 Å². The average molecular weight is 180 g/mol. The molecule has 0 aromatic carbocycles. The zero-order chi connectivity index (χ0) is 9.10. The molecule has 1 fully saturated rings. The molecule has 0 spiro atoms. The van der Waals surface area contributed by atoms with E-state index in [9.17, 15) is 0 Å². The van der Waals surface area contributed by atoms with Gasteiger partial charge < -0.3 is 5.32 Å². The normalized spacial score (nSPS) is 16.4. The first kappa shape index (κ1) is 8.69. The fourth-order valence-corrected chi connectivity index (χ4v) is 1.27. The second-order valence-electron chi connectivity index (χ2n) is 3.58. The maximum atomic E-state index is 4.34. The quantitative estimate of drug-likeness (QED) is 0.733. The van der Waals surface area contributed by atoms with Crippen molar-refractivity contribution in [2.45, 2.75) is 45.3 Å². The van der Waals surface area contributed by atoms with Crippen molar-refractivity contribution in [2.75, 3.05) is 0 Å². The molecule has 0 bridgehead atoms. The maximum Gasteiger partial charge on any atom is 0.164 e. The van der Waals surface area contributed by atoms with Crippen LogP contribution in [0.5, 0.6) is 0 Å². The summed E-state index contributed by atoms with van der Waals surface area (Å²) in [6.45, 7) is 3.93. The van der Waals surface area contributed by atoms with Crippen LogP contribution in [0.3, 0.4) is 0 Å². The lowest BCUT2D eigenvalue weighted by Gasteiger charge is -1.97. The molecular weight excluding hydrogens is 164 g/mol. The van der Waals surface area contributed by atoms with Crippen LogP contribution in [0.25, 0.3) is 0 Å². The van der Waals surface area contributed by atoms with E-state index >= 15 is 0 Å². The summed E-state index contributed by atoms with van der Waals surface area (Å²) in [6.07, 6.45) is 5.55. The fraction of sp³-hybridized carbons (Fsp3) is 0.778. The van der Waals surface area contributed by atoms with Gasteiger partial charge in [0.25, 0.3) is 0 Å². The second-order valence-corrected chi connectivity index (χ2v) is 3.58. The van der Waals surface area contributed by atoms with Gasteiger partial charge in [-0.3, -0.25) is 4.68 Å². The summed E-state index contributed by atoms with van der Waals surface area (Å²) in [7, 11) is 0. The van der Waals surface area contributed by atoms with Crippen molar-refractivity contribution in [3.05, 3.63) is 12.2 Å². The smallest absolute Gasteiger partial charge is 0.164 e. The molecule has 0 radical (unpaired) electrons. The Balaban J connectivity index is 1.81. The third-order valence-electron chi connectivity index (χ3n) is 2.16. The highest BCUT2D eigenvalue weighted by atomic mass is 15.3. The van der Waals surface area contributed by atoms with Crippen molar-refractivity contribution < 1.29 is 0 Å². The van der Waals surface area contributed by atoms with Crippen molar-refractivity contribution in [1.82, 2.24) is 20.1 Å². The van der Waals surface area contributed by atoms with Gasteiger partial charge in [0.05, 0.1) is 6.54 Å². The largest absolute Gasteiger partial charge is 0.307 e. The van der Waals surface area contributed by atoms with Crippen molar-refractivity contribution >= 4 is 0 Å². The zero-order valence-corrected chi connectivity index (χ0v) is 8.03. The van der Waals surface area contributed by atoms with E-state index in [1.807, 2.05) is 11.0 Å². The Bertz CT molecular complexity index is 264. The molecule has 2 rings (SSSR count). The van der Waals surface area contributed by atoms with Crippen LogP contribution >= 0.6 is 0 Å². The van der Waals surface area contributed by atoms with Gasteiger partial charge >= 0.3 is 0 Å². The number of nitrogens with one attached hydrogen (secondary N) is 1. The number of aromatic nitrogens is 3. The fourth-order valence-electron chi connectivity index (χ4n) is 1.27. The van der Waals surface area contributed by atoms with Gasteiger partial charge in [0.1, 0.15) is 6.33 Å². The monoisotopic (exact) mass is 180 g/mol. The maximum absolute atomic E-state index is 4.34. The Hall–Kier alpha value is -0.900. The molecule has 4 nitrogen and oxygen atoms in total. The zero-order valence-electron chi connectivity index (χ0n) is 8.03. The molecular formula is C9H16N4. The second kappa shape index (κ2) is 3.87. The molecule has 1 aliphatic rings. The number of hydrogen-bond donors (Lipinski definition) is 1. The molecule has 0 aliphatic heterocycles. The summed E-state index contributed by atoms with van der Waals surface area (Å²) in [5.41, 5.74) is 0. The molecule has 1 aromatic rings. The van der Waals surface area contributed by atoms with E-state index in [-0.39, 0.29) is 0 Å². The van der Waals surface area contributed by atoms with Gasteiger partial charge in [0, 0.05) is 12.6 Å². The summed E-state index contributed by atoms with van der Waals surface area (Å²) in [5.74, 6) is 0.917. The van der Waals surface area contributed by atoms with Gasteiger partial charge in [-0.1, -0.05) is 6.92 Å². The van der Waals surface area contributed by atoms with Gasteiger partial charge in [-0.15, -0.1) is 0 Å². The van der Waals surface area contributed by atoms with Crippen LogP contribution in [-0.4, -0.2) is 20.8 Å². The first-order valence-electron chi connectivity index (χ1n) is 5.00. The van der Waals surface area contributed by atoms with E-state index in [2.05, 4.69) is 22.3 Å². The summed E-state index contributed by atoms with van der Waals surface area (Å²) < 4.78 is 1.91. The minimum absolute atomic E-state index is 0.734. The molecule has 1 heterocycles. The lowest BCUT2D eigenvalue weighted by atomic mass is 10.5. The summed E-state index contributed by atoms with van der Waals surface area (Å²) in [5, 5.41) is 7.73. The van der Waals surface area contributed by atoms with Gasteiger partial charge in [-0.25, -0.2) is 4.98 Å². The minimum Gasteiger partial charge on any atom is -0.307 e. The Morgan fingerprint density at radius 3 is 3.15 bits per heavy atom. The molecule has 72 valence electrons. The Morgan fingerprint density at radius 1 is 1.62 bits per heavy atom. The van der Waals surface area contributed by atoms with E-state index in [4.69, 9.17) is 0 Å². The molecule has 0 amide bonds. The summed E-state index contributed by atoms with van der Waals surface area (Å²) in [4.78, 5) is 4.22. The van der Waals surface area contributed by atoms with Gasteiger partial charge in [-0.2, -0.15) is 5.10 Å². The highest BCUT2D eigenvalue weighted by molar-refractivity contribution is 4.86. The van der Waals surface area contributed by atoms with E-state index in [0.717, 1.165) is 31.4 Å². The molecule has 4 heteroatoms. The number of nitrogens with zero attached hydrogens (tertiary/aromatic N) is 3. The molecule has 0 saturated heterocycles. The Morgan fingerprint density at radius 2 is 2.46 bits per heavy atom. The first-order valence-corrected chi connectivity index (χ1v) is 5.00. The van der Waals surface area contributed by atoms with Crippen LogP contribution in [0.1, 0.15) is 32.0 Å². The third-order valence-corrected chi connectivity index (χ3v) is 2.16. The van der Waals surface area contributed by atoms with Crippen LogP contribution in [-0.2, 0) is 13.1 Å². The van der Waals surface area contributed by atoms with Crippen LogP contribution in [0.4, 0.5) is 0 Å². The summed E-state index contributed by atoms with van der Waals surface area (Å²) in [6, 6.07) is 0.734. The molecule has 1 aromatic heterocycles. The number of aryl methyl sites for hydroxylation is 1. The van der Waals surface area contributed by atoms with E-state index in [1.165, 1.54) is 12.8 Å². The number of rotatable bonds is 5. The van der Waals surface area contributed by atoms with Gasteiger partial charge in [0.15, 0.2) is 5.82 Å². The standard InChI is InChI=1S/C9H16N4/c1-2-5-13-7-11-9(12-13)6-10-8-3-4-8/h7-8,10H,2-6H2,1H3. The van der Waals surface area contributed by atoms with Crippen LogP contribution in [0, 0.1) is 0 Å². The third kappa shape index (κ3) is 2.52. The van der Waals surface area contributed by atoms with Crippen molar-refractivity contribution in [3.8, 4) is 0 Å². The molecule has 0 atom stereocenters. The van der Waals surface area contributed by atoms with E-state index < -0.39 is 0 Å². The summed E-state index contributed by atoms with van der Waals surface area (Å²) >= 11 is 0. The van der Waals surface area contributed by atoms with E-state index in [0.29, 0.717) is 0 Å².